The zero-order chi connectivity index (χ0) is 11.8. The Hall–Kier alpha value is -1.36. The number of nitrogens with one attached hydrogen (secondary N) is 1. The number of hydrogen-bond acceptors (Lipinski definition) is 3. The van der Waals surface area contributed by atoms with Gasteiger partial charge in [-0.1, -0.05) is 6.92 Å². The second-order valence-electron chi connectivity index (χ2n) is 3.75. The fourth-order valence-electron chi connectivity index (χ4n) is 1.49. The highest BCUT2D eigenvalue weighted by Gasteiger charge is 2.12. The molecule has 1 unspecified atom stereocenters. The van der Waals surface area contributed by atoms with Crippen molar-refractivity contribution >= 4 is 5.91 Å². The lowest BCUT2D eigenvalue weighted by molar-refractivity contribution is -0.124. The second-order valence-corrected chi connectivity index (χ2v) is 3.75. The first-order valence-electron chi connectivity index (χ1n) is 5.73. The summed E-state index contributed by atoms with van der Waals surface area (Å²) in [6.45, 7) is 3.89. The molecule has 5 nitrogen and oxygen atoms in total. The van der Waals surface area contributed by atoms with Crippen molar-refractivity contribution in [3.05, 3.63) is 18.5 Å². The van der Waals surface area contributed by atoms with E-state index in [0.717, 1.165) is 19.4 Å². The number of aryl methyl sites for hydroxylation is 1. The minimum Gasteiger partial charge on any atom is -0.356 e. The van der Waals surface area contributed by atoms with Gasteiger partial charge in [-0.15, -0.1) is 0 Å². The summed E-state index contributed by atoms with van der Waals surface area (Å²) in [6, 6.07) is 1.89. The Balaban J connectivity index is 2.13. The third kappa shape index (κ3) is 4.02. The van der Waals surface area contributed by atoms with Gasteiger partial charge < -0.3 is 11.1 Å². The molecule has 90 valence electrons. The highest BCUT2D eigenvalue weighted by molar-refractivity contribution is 5.78. The third-order valence-electron chi connectivity index (χ3n) is 2.57. The lowest BCUT2D eigenvalue weighted by atomic mass is 10.1. The first-order valence-corrected chi connectivity index (χ1v) is 5.73. The van der Waals surface area contributed by atoms with Crippen LogP contribution < -0.4 is 11.1 Å². The first kappa shape index (κ1) is 12.7. The molecule has 0 fully saturated rings. The van der Waals surface area contributed by atoms with E-state index in [1.54, 1.807) is 6.20 Å². The Morgan fingerprint density at radius 2 is 2.44 bits per heavy atom. The van der Waals surface area contributed by atoms with Crippen LogP contribution in [0.15, 0.2) is 18.5 Å². The largest absolute Gasteiger partial charge is 0.356 e. The third-order valence-corrected chi connectivity index (χ3v) is 2.57. The quantitative estimate of drug-likeness (QED) is 0.657. The van der Waals surface area contributed by atoms with Crippen molar-refractivity contribution in [1.82, 2.24) is 15.1 Å². The molecule has 0 bridgehead atoms. The number of carbonyl (C=O) groups is 1. The maximum absolute atomic E-state index is 11.6. The van der Waals surface area contributed by atoms with Gasteiger partial charge >= 0.3 is 0 Å². The fourth-order valence-corrected chi connectivity index (χ4v) is 1.49. The van der Waals surface area contributed by atoms with Gasteiger partial charge in [-0.2, -0.15) is 5.10 Å². The molecule has 1 rings (SSSR count). The molecule has 5 heteroatoms. The highest BCUT2D eigenvalue weighted by atomic mass is 16.1. The van der Waals surface area contributed by atoms with E-state index in [1.807, 2.05) is 23.9 Å². The molecule has 0 radical (unpaired) electrons. The Morgan fingerprint density at radius 3 is 3.00 bits per heavy atom. The van der Waals surface area contributed by atoms with Gasteiger partial charge in [0.1, 0.15) is 0 Å². The van der Waals surface area contributed by atoms with Crippen molar-refractivity contribution < 1.29 is 4.79 Å². The average molecular weight is 224 g/mol. The van der Waals surface area contributed by atoms with E-state index >= 15 is 0 Å². The lowest BCUT2D eigenvalue weighted by Gasteiger charge is -2.12. The smallest absolute Gasteiger partial charge is 0.224 e. The van der Waals surface area contributed by atoms with Gasteiger partial charge in [-0.3, -0.25) is 9.48 Å². The van der Waals surface area contributed by atoms with Crippen LogP contribution in [0.4, 0.5) is 0 Å². The van der Waals surface area contributed by atoms with Gasteiger partial charge in [0.25, 0.3) is 0 Å². The van der Waals surface area contributed by atoms with Crippen LogP contribution in [-0.4, -0.2) is 28.8 Å². The molecule has 0 spiro atoms. The summed E-state index contributed by atoms with van der Waals surface area (Å²) >= 11 is 0. The number of nitrogens with two attached hydrogens (primary N) is 1. The van der Waals surface area contributed by atoms with Gasteiger partial charge in [-0.05, 0) is 18.9 Å². The zero-order valence-corrected chi connectivity index (χ0v) is 9.72. The number of aromatic nitrogens is 2. The molecular weight excluding hydrogens is 204 g/mol. The summed E-state index contributed by atoms with van der Waals surface area (Å²) in [5, 5.41) is 6.97. The maximum Gasteiger partial charge on any atom is 0.224 e. The Kier molecular flexibility index (Phi) is 5.56. The molecule has 3 N–H and O–H groups in total. The summed E-state index contributed by atoms with van der Waals surface area (Å²) < 4.78 is 1.85. The van der Waals surface area contributed by atoms with E-state index in [-0.39, 0.29) is 11.8 Å². The molecule has 1 aromatic heterocycles. The molecule has 1 amide bonds. The van der Waals surface area contributed by atoms with Gasteiger partial charge in [0, 0.05) is 37.9 Å². The van der Waals surface area contributed by atoms with Crippen LogP contribution in [0.2, 0.25) is 0 Å². The number of nitrogens with zero attached hydrogens (tertiary/aromatic N) is 2. The summed E-state index contributed by atoms with van der Waals surface area (Å²) in [5.41, 5.74) is 5.49. The Labute approximate surface area is 96.0 Å². The fraction of sp³-hybridized carbons (Fsp3) is 0.636. The molecular formula is C11H20N4O. The molecule has 0 aliphatic carbocycles. The van der Waals surface area contributed by atoms with E-state index in [4.69, 9.17) is 5.73 Å². The molecule has 0 aliphatic heterocycles. The molecule has 0 saturated heterocycles. The molecule has 0 aliphatic rings. The van der Waals surface area contributed by atoms with E-state index in [9.17, 15) is 4.79 Å². The minimum absolute atomic E-state index is 0.0512. The SMILES string of the molecule is CCC(CN)C(=O)NCCCn1cccn1. The van der Waals surface area contributed by atoms with Crippen molar-refractivity contribution in [2.24, 2.45) is 11.7 Å². The monoisotopic (exact) mass is 224 g/mol. The number of carbonyl (C=O) groups excluding carboxylic acids is 1. The van der Waals surface area contributed by atoms with Crippen LogP contribution in [0.3, 0.4) is 0 Å². The van der Waals surface area contributed by atoms with Crippen LogP contribution in [0.5, 0.6) is 0 Å². The summed E-state index contributed by atoms with van der Waals surface area (Å²) in [6.07, 6.45) is 5.34. The average Bonchev–Trinajstić information content (AvgIpc) is 2.79. The zero-order valence-electron chi connectivity index (χ0n) is 9.72. The van der Waals surface area contributed by atoms with Gasteiger partial charge in [0.15, 0.2) is 0 Å². The minimum atomic E-state index is -0.0512. The molecule has 16 heavy (non-hydrogen) atoms. The summed E-state index contributed by atoms with van der Waals surface area (Å²) in [7, 11) is 0. The molecule has 1 heterocycles. The van der Waals surface area contributed by atoms with Gasteiger partial charge in [0.05, 0.1) is 0 Å². The normalized spacial score (nSPS) is 12.4. The Morgan fingerprint density at radius 1 is 1.62 bits per heavy atom. The van der Waals surface area contributed by atoms with Crippen molar-refractivity contribution in [3.63, 3.8) is 0 Å². The van der Waals surface area contributed by atoms with Crippen molar-refractivity contribution in [2.75, 3.05) is 13.1 Å². The number of hydrogen-bond donors (Lipinski definition) is 2. The summed E-state index contributed by atoms with van der Waals surface area (Å²) in [5.74, 6) is 0.00942. The van der Waals surface area contributed by atoms with Crippen LogP contribution in [0.25, 0.3) is 0 Å². The van der Waals surface area contributed by atoms with Crippen molar-refractivity contribution in [1.29, 1.82) is 0 Å². The second kappa shape index (κ2) is 7.00. The lowest BCUT2D eigenvalue weighted by Crippen LogP contribution is -2.35. The molecule has 0 saturated carbocycles. The molecule has 1 aromatic rings. The summed E-state index contributed by atoms with van der Waals surface area (Å²) in [4.78, 5) is 11.6. The maximum atomic E-state index is 11.6. The van der Waals surface area contributed by atoms with E-state index in [2.05, 4.69) is 10.4 Å². The van der Waals surface area contributed by atoms with Gasteiger partial charge in [-0.25, -0.2) is 0 Å². The van der Waals surface area contributed by atoms with Crippen LogP contribution in [0, 0.1) is 5.92 Å². The standard InChI is InChI=1S/C11H20N4O/c1-2-10(9-12)11(16)13-5-3-7-15-8-4-6-14-15/h4,6,8,10H,2-3,5,7,9,12H2,1H3,(H,13,16). The molecule has 1 atom stereocenters. The highest BCUT2D eigenvalue weighted by Crippen LogP contribution is 1.99. The predicted octanol–water partition coefficient (Wildman–Crippen LogP) is 0.374. The van der Waals surface area contributed by atoms with Crippen LogP contribution in [-0.2, 0) is 11.3 Å². The van der Waals surface area contributed by atoms with Gasteiger partial charge in [0.2, 0.25) is 5.91 Å². The van der Waals surface area contributed by atoms with Crippen LogP contribution in [0.1, 0.15) is 19.8 Å². The van der Waals surface area contributed by atoms with E-state index in [0.29, 0.717) is 13.1 Å². The first-order chi connectivity index (χ1) is 7.77. The van der Waals surface area contributed by atoms with E-state index in [1.165, 1.54) is 0 Å². The van der Waals surface area contributed by atoms with Crippen molar-refractivity contribution in [2.45, 2.75) is 26.3 Å². The predicted molar refractivity (Wildman–Crippen MR) is 62.7 cm³/mol. The number of rotatable bonds is 7. The van der Waals surface area contributed by atoms with Crippen LogP contribution >= 0.6 is 0 Å². The Bertz CT molecular complexity index is 293. The van der Waals surface area contributed by atoms with E-state index < -0.39 is 0 Å². The topological polar surface area (TPSA) is 72.9 Å². The molecule has 0 aromatic carbocycles. The van der Waals surface area contributed by atoms with Crippen molar-refractivity contribution in [3.8, 4) is 0 Å². The number of amides is 1.